The molecule has 96 valence electrons. The molecule has 1 N–H and O–H groups in total. The SMILES string of the molecule is CCCCCOCc1ccoc1CNC1CC1. The zero-order chi connectivity index (χ0) is 11.9. The summed E-state index contributed by atoms with van der Waals surface area (Å²) in [6.07, 6.45) is 8.03. The Hall–Kier alpha value is -0.800. The van der Waals surface area contributed by atoms with Gasteiger partial charge in [-0.25, -0.2) is 0 Å². The van der Waals surface area contributed by atoms with Gasteiger partial charge in [0.25, 0.3) is 0 Å². The van der Waals surface area contributed by atoms with Crippen molar-refractivity contribution < 1.29 is 9.15 Å². The summed E-state index contributed by atoms with van der Waals surface area (Å²) < 4.78 is 11.1. The zero-order valence-electron chi connectivity index (χ0n) is 10.7. The molecule has 1 fully saturated rings. The first kappa shape index (κ1) is 12.7. The van der Waals surface area contributed by atoms with E-state index in [4.69, 9.17) is 9.15 Å². The second-order valence-electron chi connectivity index (χ2n) is 4.78. The molecule has 1 heterocycles. The Morgan fingerprint density at radius 2 is 2.29 bits per heavy atom. The van der Waals surface area contributed by atoms with Gasteiger partial charge in [0.15, 0.2) is 0 Å². The van der Waals surface area contributed by atoms with Gasteiger partial charge in [-0.3, -0.25) is 0 Å². The Morgan fingerprint density at radius 1 is 1.41 bits per heavy atom. The fourth-order valence-corrected chi connectivity index (χ4v) is 1.81. The molecular weight excluding hydrogens is 214 g/mol. The van der Waals surface area contributed by atoms with Gasteiger partial charge in [0.2, 0.25) is 0 Å². The van der Waals surface area contributed by atoms with E-state index < -0.39 is 0 Å². The van der Waals surface area contributed by atoms with Gasteiger partial charge in [-0.2, -0.15) is 0 Å². The van der Waals surface area contributed by atoms with Crippen LogP contribution in [0.2, 0.25) is 0 Å². The third kappa shape index (κ3) is 4.52. The van der Waals surface area contributed by atoms with E-state index >= 15 is 0 Å². The van der Waals surface area contributed by atoms with Crippen LogP contribution < -0.4 is 5.32 Å². The molecule has 17 heavy (non-hydrogen) atoms. The number of ether oxygens (including phenoxy) is 1. The first-order valence-electron chi connectivity index (χ1n) is 6.76. The average molecular weight is 237 g/mol. The van der Waals surface area contributed by atoms with Crippen LogP contribution in [0.25, 0.3) is 0 Å². The van der Waals surface area contributed by atoms with Crippen molar-refractivity contribution in [2.45, 2.75) is 58.2 Å². The summed E-state index contributed by atoms with van der Waals surface area (Å²) in [5.41, 5.74) is 1.19. The summed E-state index contributed by atoms with van der Waals surface area (Å²) >= 11 is 0. The van der Waals surface area contributed by atoms with Gasteiger partial charge in [-0.15, -0.1) is 0 Å². The highest BCUT2D eigenvalue weighted by Crippen LogP contribution is 2.20. The summed E-state index contributed by atoms with van der Waals surface area (Å²) in [5.74, 6) is 1.03. The Labute approximate surface area is 104 Å². The highest BCUT2D eigenvalue weighted by Gasteiger charge is 2.21. The van der Waals surface area contributed by atoms with Crippen LogP contribution in [0.4, 0.5) is 0 Å². The predicted molar refractivity (Wildman–Crippen MR) is 67.8 cm³/mol. The lowest BCUT2D eigenvalue weighted by atomic mass is 10.2. The fourth-order valence-electron chi connectivity index (χ4n) is 1.81. The largest absolute Gasteiger partial charge is 0.468 e. The summed E-state index contributed by atoms with van der Waals surface area (Å²) in [5, 5.41) is 3.46. The molecule has 1 aromatic heterocycles. The molecule has 1 aromatic rings. The minimum absolute atomic E-state index is 0.682. The van der Waals surface area contributed by atoms with Crippen LogP contribution in [0.15, 0.2) is 16.7 Å². The van der Waals surface area contributed by atoms with E-state index in [1.807, 2.05) is 6.07 Å². The minimum atomic E-state index is 0.682. The molecule has 3 heteroatoms. The Morgan fingerprint density at radius 3 is 3.06 bits per heavy atom. The first-order valence-corrected chi connectivity index (χ1v) is 6.76. The molecule has 0 radical (unpaired) electrons. The van der Waals surface area contributed by atoms with E-state index in [-0.39, 0.29) is 0 Å². The Balaban J connectivity index is 1.66. The smallest absolute Gasteiger partial charge is 0.123 e. The van der Waals surface area contributed by atoms with Crippen molar-refractivity contribution in [2.24, 2.45) is 0 Å². The van der Waals surface area contributed by atoms with Crippen molar-refractivity contribution in [3.8, 4) is 0 Å². The zero-order valence-corrected chi connectivity index (χ0v) is 10.7. The van der Waals surface area contributed by atoms with E-state index in [2.05, 4.69) is 12.2 Å². The van der Waals surface area contributed by atoms with Crippen LogP contribution in [0, 0.1) is 0 Å². The second-order valence-corrected chi connectivity index (χ2v) is 4.78. The first-order chi connectivity index (χ1) is 8.40. The maximum Gasteiger partial charge on any atom is 0.123 e. The van der Waals surface area contributed by atoms with Crippen LogP contribution in [0.3, 0.4) is 0 Å². The molecule has 0 aromatic carbocycles. The topological polar surface area (TPSA) is 34.4 Å². The molecule has 1 aliphatic rings. The van der Waals surface area contributed by atoms with E-state index in [0.717, 1.165) is 31.4 Å². The molecular formula is C14H23NO2. The molecule has 0 saturated heterocycles. The summed E-state index contributed by atoms with van der Waals surface area (Å²) in [6.45, 7) is 4.58. The lowest BCUT2D eigenvalue weighted by Gasteiger charge is -2.05. The van der Waals surface area contributed by atoms with E-state index in [9.17, 15) is 0 Å². The van der Waals surface area contributed by atoms with Gasteiger partial charge in [-0.1, -0.05) is 19.8 Å². The van der Waals surface area contributed by atoms with Crippen molar-refractivity contribution in [3.63, 3.8) is 0 Å². The van der Waals surface area contributed by atoms with Crippen LogP contribution in [0.1, 0.15) is 50.4 Å². The molecule has 2 rings (SSSR count). The number of rotatable bonds is 9. The quantitative estimate of drug-likeness (QED) is 0.669. The number of hydrogen-bond acceptors (Lipinski definition) is 3. The molecule has 0 bridgehead atoms. The van der Waals surface area contributed by atoms with E-state index in [1.54, 1.807) is 6.26 Å². The van der Waals surface area contributed by atoms with E-state index in [1.165, 1.54) is 31.2 Å². The van der Waals surface area contributed by atoms with Gasteiger partial charge >= 0.3 is 0 Å². The number of hydrogen-bond donors (Lipinski definition) is 1. The van der Waals surface area contributed by atoms with Crippen LogP contribution in [-0.4, -0.2) is 12.6 Å². The second kappa shape index (κ2) is 6.82. The lowest BCUT2D eigenvalue weighted by molar-refractivity contribution is 0.115. The van der Waals surface area contributed by atoms with Gasteiger partial charge < -0.3 is 14.5 Å². The standard InChI is InChI=1S/C14H23NO2/c1-2-3-4-8-16-11-12-7-9-17-14(12)10-15-13-5-6-13/h7,9,13,15H,2-6,8,10-11H2,1H3. The summed E-state index contributed by atoms with van der Waals surface area (Å²) in [4.78, 5) is 0. The molecule has 0 atom stereocenters. The van der Waals surface area contributed by atoms with Gasteiger partial charge in [-0.05, 0) is 25.3 Å². The highest BCUT2D eigenvalue weighted by atomic mass is 16.5. The van der Waals surface area contributed by atoms with Gasteiger partial charge in [0.05, 0.1) is 19.4 Å². The van der Waals surface area contributed by atoms with Gasteiger partial charge in [0.1, 0.15) is 5.76 Å². The number of nitrogens with one attached hydrogen (secondary N) is 1. The van der Waals surface area contributed by atoms with Gasteiger partial charge in [0, 0.05) is 18.2 Å². The van der Waals surface area contributed by atoms with Crippen LogP contribution >= 0.6 is 0 Å². The Kier molecular flexibility index (Phi) is 5.08. The van der Waals surface area contributed by atoms with E-state index in [0.29, 0.717) is 6.61 Å². The highest BCUT2D eigenvalue weighted by molar-refractivity contribution is 5.16. The van der Waals surface area contributed by atoms with Crippen molar-refractivity contribution in [1.82, 2.24) is 5.32 Å². The Bertz CT molecular complexity index is 318. The molecule has 0 aliphatic heterocycles. The van der Waals surface area contributed by atoms with Crippen LogP contribution in [-0.2, 0) is 17.9 Å². The average Bonchev–Trinajstić information content (AvgIpc) is 3.06. The third-order valence-electron chi connectivity index (χ3n) is 3.12. The monoisotopic (exact) mass is 237 g/mol. The third-order valence-corrected chi connectivity index (χ3v) is 3.12. The molecule has 0 spiro atoms. The number of furan rings is 1. The maximum atomic E-state index is 5.66. The molecule has 3 nitrogen and oxygen atoms in total. The maximum absolute atomic E-state index is 5.66. The minimum Gasteiger partial charge on any atom is -0.468 e. The lowest BCUT2D eigenvalue weighted by Crippen LogP contribution is -2.15. The fraction of sp³-hybridized carbons (Fsp3) is 0.714. The van der Waals surface area contributed by atoms with Crippen molar-refractivity contribution in [2.75, 3.05) is 6.61 Å². The summed E-state index contributed by atoms with van der Waals surface area (Å²) in [7, 11) is 0. The number of unbranched alkanes of at least 4 members (excludes halogenated alkanes) is 2. The normalized spacial score (nSPS) is 15.4. The molecule has 1 aliphatic carbocycles. The van der Waals surface area contributed by atoms with Crippen molar-refractivity contribution in [3.05, 3.63) is 23.7 Å². The van der Waals surface area contributed by atoms with Crippen molar-refractivity contribution in [1.29, 1.82) is 0 Å². The predicted octanol–water partition coefficient (Wildman–Crippen LogP) is 3.24. The molecule has 0 amide bonds. The molecule has 0 unspecified atom stereocenters. The van der Waals surface area contributed by atoms with Crippen molar-refractivity contribution >= 4 is 0 Å². The summed E-state index contributed by atoms with van der Waals surface area (Å²) in [6, 6.07) is 2.74. The van der Waals surface area contributed by atoms with Crippen LogP contribution in [0.5, 0.6) is 0 Å². The molecule has 1 saturated carbocycles.